The zero-order valence-corrected chi connectivity index (χ0v) is 24.1. The number of amides is 1. The Hall–Kier alpha value is -3.32. The average Bonchev–Trinajstić information content (AvgIpc) is 2.91. The number of nitrogens with zero attached hydrogens (tertiary/aromatic N) is 1. The SMILES string of the molecule is [B]c1nccc2cc(NC(=O)[C@@H](c3ccc(C([B])([B])OC(=O)c4ccc(C([B])([B])[B])cc4C([B])([B])[B])cc3)C([B])([B])N)ccc12. The van der Waals surface area contributed by atoms with Gasteiger partial charge in [0.1, 0.15) is 23.5 Å². The van der Waals surface area contributed by atoms with Gasteiger partial charge in [0.25, 0.3) is 0 Å². The fraction of sp³-hybridized carbons (Fsp3) is 0.179. The van der Waals surface area contributed by atoms with E-state index in [4.69, 9.17) is 96.8 Å². The topological polar surface area (TPSA) is 94.3 Å². The predicted molar refractivity (Wildman–Crippen MR) is 186 cm³/mol. The standard InChI is InChI=1S/C28H16B11N3O3/c29-22-18-8-6-17(11-14(18)9-10-41-22)42-23(43)21(27(36,37)40)13-1-3-15(4-2-13)28(38,39)45-24(44)19-7-5-16(25(30,31)32)12-20(19)26(33,34)35/h1-12,21H,40H2,(H,42,43)/t21-/m1/s1. The van der Waals surface area contributed by atoms with Crippen molar-refractivity contribution in [1.82, 2.24) is 4.98 Å². The highest BCUT2D eigenvalue weighted by Gasteiger charge is 2.34. The summed E-state index contributed by atoms with van der Waals surface area (Å²) in [5, 5.41) is -3.73. The Morgan fingerprint density at radius 2 is 1.40 bits per heavy atom. The van der Waals surface area contributed by atoms with Gasteiger partial charge in [-0.3, -0.25) is 9.78 Å². The highest BCUT2D eigenvalue weighted by Crippen LogP contribution is 2.30. The number of carbonyl (C=O) groups excluding carboxylic acids is 2. The molecule has 1 atom stereocenters. The Morgan fingerprint density at radius 1 is 0.778 bits per heavy atom. The van der Waals surface area contributed by atoms with Crippen LogP contribution < -0.4 is 16.6 Å². The minimum Gasteiger partial charge on any atom is -0.471 e. The molecule has 0 spiro atoms. The van der Waals surface area contributed by atoms with Gasteiger partial charge < -0.3 is 15.8 Å². The molecule has 3 N–H and O–H groups in total. The molecule has 4 aromatic rings. The molecule has 194 valence electrons. The number of hydrogen-bond acceptors (Lipinski definition) is 5. The average molecular weight is 561 g/mol. The number of nitrogens with one attached hydrogen (secondary N) is 1. The van der Waals surface area contributed by atoms with Crippen LogP contribution in [0.3, 0.4) is 0 Å². The molecule has 6 nitrogen and oxygen atoms in total. The number of rotatable bonds is 9. The van der Waals surface area contributed by atoms with E-state index >= 15 is 0 Å². The van der Waals surface area contributed by atoms with Gasteiger partial charge in [0.05, 0.1) is 79.7 Å². The summed E-state index contributed by atoms with van der Waals surface area (Å²) in [4.78, 5) is 30.6. The maximum absolute atomic E-state index is 13.4. The largest absolute Gasteiger partial charge is 0.471 e. The second kappa shape index (κ2) is 12.5. The molecule has 0 saturated carbocycles. The van der Waals surface area contributed by atoms with Crippen molar-refractivity contribution in [3.8, 4) is 0 Å². The van der Waals surface area contributed by atoms with Gasteiger partial charge >= 0.3 is 5.97 Å². The third-order valence-corrected chi connectivity index (χ3v) is 6.99. The summed E-state index contributed by atoms with van der Waals surface area (Å²) in [5.41, 5.74) is 7.16. The molecule has 22 radical (unpaired) electrons. The lowest BCUT2D eigenvalue weighted by molar-refractivity contribution is -0.117. The van der Waals surface area contributed by atoms with Crippen LogP contribution in [0.2, 0.25) is 0 Å². The van der Waals surface area contributed by atoms with Crippen LogP contribution in [0.1, 0.15) is 38.5 Å². The molecular weight excluding hydrogens is 545 g/mol. The highest BCUT2D eigenvalue weighted by molar-refractivity contribution is 6.60. The Balaban J connectivity index is 1.58. The highest BCUT2D eigenvalue weighted by atomic mass is 16.5. The lowest BCUT2D eigenvalue weighted by Gasteiger charge is -2.33. The fourth-order valence-corrected chi connectivity index (χ4v) is 4.71. The fourth-order valence-electron chi connectivity index (χ4n) is 4.71. The molecule has 0 bridgehead atoms. The normalized spacial score (nSPS) is 13.2. The van der Waals surface area contributed by atoms with Crippen molar-refractivity contribution in [1.29, 1.82) is 0 Å². The van der Waals surface area contributed by atoms with Gasteiger partial charge in [-0.1, -0.05) is 53.6 Å². The molecule has 1 amide bonds. The van der Waals surface area contributed by atoms with E-state index in [1.165, 1.54) is 42.5 Å². The smallest absolute Gasteiger partial charge is 0.337 e. The summed E-state index contributed by atoms with van der Waals surface area (Å²) in [6.07, 6.45) is 1.55. The van der Waals surface area contributed by atoms with E-state index in [9.17, 15) is 9.59 Å². The van der Waals surface area contributed by atoms with Crippen molar-refractivity contribution >= 4 is 120 Å². The second-order valence-electron chi connectivity index (χ2n) is 11.0. The Kier molecular flexibility index (Phi) is 9.57. The van der Waals surface area contributed by atoms with Crippen molar-refractivity contribution in [3.63, 3.8) is 0 Å². The third kappa shape index (κ3) is 7.92. The number of benzene rings is 3. The summed E-state index contributed by atoms with van der Waals surface area (Å²) in [7, 11) is 65.1. The monoisotopic (exact) mass is 563 g/mol. The van der Waals surface area contributed by atoms with Crippen LogP contribution in [0.25, 0.3) is 10.8 Å². The summed E-state index contributed by atoms with van der Waals surface area (Å²) >= 11 is 0. The first-order chi connectivity index (χ1) is 20.7. The molecule has 1 aromatic heterocycles. The van der Waals surface area contributed by atoms with E-state index in [2.05, 4.69) is 10.3 Å². The molecule has 0 saturated heterocycles. The van der Waals surface area contributed by atoms with Gasteiger partial charge in [-0.15, -0.1) is 10.2 Å². The second-order valence-corrected chi connectivity index (χ2v) is 11.0. The number of anilines is 1. The Labute approximate surface area is 277 Å². The minimum absolute atomic E-state index is 0.0903. The Bertz CT molecular complexity index is 1750. The van der Waals surface area contributed by atoms with Gasteiger partial charge in [-0.2, -0.15) is 0 Å². The summed E-state index contributed by atoms with van der Waals surface area (Å²) in [6.45, 7) is 0. The van der Waals surface area contributed by atoms with Gasteiger partial charge in [0, 0.05) is 11.9 Å². The van der Waals surface area contributed by atoms with E-state index in [0.29, 0.717) is 22.2 Å². The first kappa shape index (κ1) is 34.6. The zero-order chi connectivity index (χ0) is 33.5. The van der Waals surface area contributed by atoms with Crippen LogP contribution in [-0.2, 0) is 25.2 Å². The van der Waals surface area contributed by atoms with Crippen LogP contribution >= 0.6 is 0 Å². The molecule has 0 aliphatic rings. The van der Waals surface area contributed by atoms with Crippen molar-refractivity contribution < 1.29 is 14.3 Å². The van der Waals surface area contributed by atoms with Crippen molar-refractivity contribution in [3.05, 3.63) is 101 Å². The molecule has 4 rings (SSSR count). The molecule has 45 heavy (non-hydrogen) atoms. The number of nitrogens with two attached hydrogens (primary N) is 1. The number of aromatic nitrogens is 1. The number of pyridine rings is 1. The summed E-state index contributed by atoms with van der Waals surface area (Å²) in [5.74, 6) is -2.87. The maximum atomic E-state index is 13.4. The van der Waals surface area contributed by atoms with Crippen LogP contribution in [0.5, 0.6) is 0 Å². The zero-order valence-electron chi connectivity index (χ0n) is 24.1. The van der Waals surface area contributed by atoms with Gasteiger partial charge in [-0.05, 0) is 57.1 Å². The van der Waals surface area contributed by atoms with Gasteiger partial charge in [0.2, 0.25) is 5.91 Å². The lowest BCUT2D eigenvalue weighted by atomic mass is 9.37. The molecule has 17 heteroatoms. The molecule has 0 aliphatic carbocycles. The van der Waals surface area contributed by atoms with E-state index < -0.39 is 38.8 Å². The van der Waals surface area contributed by atoms with Crippen LogP contribution in [0.15, 0.2) is 72.9 Å². The molecule has 1 heterocycles. The van der Waals surface area contributed by atoms with Gasteiger partial charge in [0.15, 0.2) is 0 Å². The van der Waals surface area contributed by atoms with Crippen LogP contribution in [-0.4, -0.2) is 109 Å². The first-order valence-corrected chi connectivity index (χ1v) is 13.3. The van der Waals surface area contributed by atoms with Crippen LogP contribution in [0.4, 0.5) is 5.69 Å². The quantitative estimate of drug-likeness (QED) is 0.187. The minimum atomic E-state index is -2.18. The molecule has 0 unspecified atom stereocenters. The molecule has 0 aliphatic heterocycles. The lowest BCUT2D eigenvalue weighted by Crippen LogP contribution is -2.51. The first-order valence-electron chi connectivity index (χ1n) is 13.3. The van der Waals surface area contributed by atoms with E-state index in [-0.39, 0.29) is 22.3 Å². The number of hydrogen-bond donors (Lipinski definition) is 2. The van der Waals surface area contributed by atoms with E-state index in [1.54, 1.807) is 30.5 Å². The predicted octanol–water partition coefficient (Wildman–Crippen LogP) is -1.76. The third-order valence-electron chi connectivity index (χ3n) is 6.99. The number of fused-ring (bicyclic) bond motifs is 1. The van der Waals surface area contributed by atoms with Crippen LogP contribution in [0, 0.1) is 0 Å². The summed E-state index contributed by atoms with van der Waals surface area (Å²) < 4.78 is 5.40. The van der Waals surface area contributed by atoms with Crippen molar-refractivity contribution in [2.75, 3.05) is 5.32 Å². The van der Waals surface area contributed by atoms with E-state index in [0.717, 1.165) is 5.39 Å². The number of ether oxygens (including phenoxy) is 1. The number of esters is 1. The molecule has 0 fully saturated rings. The molecule has 3 aromatic carbocycles. The van der Waals surface area contributed by atoms with Crippen molar-refractivity contribution in [2.24, 2.45) is 5.73 Å². The Morgan fingerprint density at radius 3 is 1.98 bits per heavy atom. The number of carbonyl (C=O) groups is 2. The van der Waals surface area contributed by atoms with E-state index in [1.807, 2.05) is 0 Å². The maximum Gasteiger partial charge on any atom is 0.337 e. The summed E-state index contributed by atoms with van der Waals surface area (Å²) in [6, 6.07) is 16.5. The van der Waals surface area contributed by atoms with Crippen molar-refractivity contribution in [2.45, 2.75) is 26.9 Å². The van der Waals surface area contributed by atoms with Gasteiger partial charge in [-0.25, -0.2) is 4.79 Å². The molecular formula is C28H16B11N3O3.